The number of halogens is 1. The summed E-state index contributed by atoms with van der Waals surface area (Å²) in [5.74, 6) is 0.985. The van der Waals surface area contributed by atoms with Crippen LogP contribution in [-0.2, 0) is 0 Å². The van der Waals surface area contributed by atoms with Crippen molar-refractivity contribution in [1.29, 1.82) is 0 Å². The summed E-state index contributed by atoms with van der Waals surface area (Å²) < 4.78 is 0. The second-order valence-electron chi connectivity index (χ2n) is 3.92. The Bertz CT molecular complexity index is 110. The molecule has 1 nitrogen and oxygen atoms in total. The minimum atomic E-state index is 0.343. The maximum atomic E-state index is 5.83. The molecular formula is C10H20ClN. The van der Waals surface area contributed by atoms with E-state index in [0.29, 0.717) is 5.38 Å². The third-order valence-corrected chi connectivity index (χ3v) is 2.83. The first-order chi connectivity index (χ1) is 5.79. The largest absolute Gasteiger partial charge is 0.316 e. The molecule has 1 aliphatic carbocycles. The van der Waals surface area contributed by atoms with Crippen LogP contribution in [0, 0.1) is 5.92 Å². The minimum Gasteiger partial charge on any atom is -0.316 e. The molecule has 72 valence electrons. The van der Waals surface area contributed by atoms with Gasteiger partial charge in [-0.15, -0.1) is 11.6 Å². The zero-order chi connectivity index (χ0) is 8.81. The van der Waals surface area contributed by atoms with Gasteiger partial charge in [-0.3, -0.25) is 0 Å². The van der Waals surface area contributed by atoms with E-state index in [1.54, 1.807) is 0 Å². The van der Waals surface area contributed by atoms with Crippen LogP contribution >= 0.6 is 11.6 Å². The minimum absolute atomic E-state index is 0.343. The van der Waals surface area contributed by atoms with Gasteiger partial charge in [0.15, 0.2) is 0 Å². The fraction of sp³-hybridized carbons (Fsp3) is 1.00. The highest BCUT2D eigenvalue weighted by molar-refractivity contribution is 6.20. The lowest BCUT2D eigenvalue weighted by atomic mass is 9.85. The third kappa shape index (κ3) is 4.32. The summed E-state index contributed by atoms with van der Waals surface area (Å²) in [5, 5.41) is 3.83. The lowest BCUT2D eigenvalue weighted by molar-refractivity contribution is 0.301. The van der Waals surface area contributed by atoms with Gasteiger partial charge in [-0.25, -0.2) is 0 Å². The van der Waals surface area contributed by atoms with Gasteiger partial charge in [0.05, 0.1) is 0 Å². The number of hydrogen-bond donors (Lipinski definition) is 1. The van der Waals surface area contributed by atoms with Crippen molar-refractivity contribution in [3.8, 4) is 0 Å². The van der Waals surface area contributed by atoms with Gasteiger partial charge in [0.2, 0.25) is 0 Å². The van der Waals surface area contributed by atoms with Crippen LogP contribution in [0.3, 0.4) is 0 Å². The monoisotopic (exact) mass is 189 g/mol. The lowest BCUT2D eigenvalue weighted by Crippen LogP contribution is -2.28. The molecule has 0 spiro atoms. The summed E-state index contributed by atoms with van der Waals surface area (Å²) >= 11 is 5.83. The van der Waals surface area contributed by atoms with Crippen LogP contribution in [0.2, 0.25) is 0 Å². The highest BCUT2D eigenvalue weighted by atomic mass is 35.5. The Morgan fingerprint density at radius 2 is 2.25 bits per heavy atom. The summed E-state index contributed by atoms with van der Waals surface area (Å²) in [6.07, 6.45) is 6.69. The molecule has 12 heavy (non-hydrogen) atoms. The second-order valence-corrected chi connectivity index (χ2v) is 4.67. The second kappa shape index (κ2) is 5.82. The molecule has 0 amide bonds. The van der Waals surface area contributed by atoms with Crippen molar-refractivity contribution >= 4 is 11.6 Å². The molecule has 0 aromatic heterocycles. The van der Waals surface area contributed by atoms with Crippen molar-refractivity contribution in [3.05, 3.63) is 0 Å². The third-order valence-electron chi connectivity index (χ3n) is 2.61. The summed E-state index contributed by atoms with van der Waals surface area (Å²) in [4.78, 5) is 0. The van der Waals surface area contributed by atoms with E-state index < -0.39 is 0 Å². The van der Waals surface area contributed by atoms with Crippen LogP contribution in [0.15, 0.2) is 0 Å². The normalized spacial score (nSPS) is 20.5. The van der Waals surface area contributed by atoms with Crippen LogP contribution in [0.4, 0.5) is 0 Å². The van der Waals surface area contributed by atoms with Crippen molar-refractivity contribution in [2.24, 2.45) is 5.92 Å². The molecule has 0 heterocycles. The molecule has 1 saturated carbocycles. The van der Waals surface area contributed by atoms with Gasteiger partial charge in [0.1, 0.15) is 0 Å². The van der Waals surface area contributed by atoms with Crippen molar-refractivity contribution in [3.63, 3.8) is 0 Å². The van der Waals surface area contributed by atoms with Gasteiger partial charge in [0, 0.05) is 5.38 Å². The van der Waals surface area contributed by atoms with Crippen LogP contribution in [0.5, 0.6) is 0 Å². The molecule has 1 fully saturated rings. The number of rotatable bonds is 6. The van der Waals surface area contributed by atoms with E-state index in [9.17, 15) is 0 Å². The Kier molecular flexibility index (Phi) is 5.01. The molecule has 1 aliphatic rings. The Labute approximate surface area is 80.9 Å². The van der Waals surface area contributed by atoms with E-state index in [-0.39, 0.29) is 0 Å². The average molecular weight is 190 g/mol. The fourth-order valence-corrected chi connectivity index (χ4v) is 1.67. The summed E-state index contributed by atoms with van der Waals surface area (Å²) in [6, 6.07) is 0. The number of hydrogen-bond acceptors (Lipinski definition) is 1. The van der Waals surface area contributed by atoms with Gasteiger partial charge in [0.25, 0.3) is 0 Å². The Morgan fingerprint density at radius 3 is 2.75 bits per heavy atom. The van der Waals surface area contributed by atoms with Gasteiger partial charge in [-0.1, -0.05) is 6.42 Å². The number of nitrogens with one attached hydrogen (secondary N) is 1. The SMILES string of the molecule is CC(Cl)CCCNCC1CCC1. The summed E-state index contributed by atoms with van der Waals surface area (Å²) in [5.41, 5.74) is 0. The van der Waals surface area contributed by atoms with Crippen molar-refractivity contribution in [2.75, 3.05) is 13.1 Å². The van der Waals surface area contributed by atoms with Crippen LogP contribution < -0.4 is 5.32 Å². The summed E-state index contributed by atoms with van der Waals surface area (Å²) in [7, 11) is 0. The topological polar surface area (TPSA) is 12.0 Å². The molecule has 0 saturated heterocycles. The molecule has 0 bridgehead atoms. The van der Waals surface area contributed by atoms with E-state index in [2.05, 4.69) is 12.2 Å². The number of alkyl halides is 1. The quantitative estimate of drug-likeness (QED) is 0.501. The van der Waals surface area contributed by atoms with Gasteiger partial charge < -0.3 is 5.32 Å². The Balaban J connectivity index is 1.76. The first-order valence-corrected chi connectivity index (χ1v) is 5.57. The molecule has 1 atom stereocenters. The zero-order valence-electron chi connectivity index (χ0n) is 7.98. The van der Waals surface area contributed by atoms with Gasteiger partial charge in [-0.05, 0) is 51.6 Å². The zero-order valence-corrected chi connectivity index (χ0v) is 8.74. The van der Waals surface area contributed by atoms with E-state index in [4.69, 9.17) is 11.6 Å². The van der Waals surface area contributed by atoms with Crippen LogP contribution in [0.1, 0.15) is 39.0 Å². The van der Waals surface area contributed by atoms with Crippen molar-refractivity contribution in [1.82, 2.24) is 5.32 Å². The van der Waals surface area contributed by atoms with Crippen LogP contribution in [-0.4, -0.2) is 18.5 Å². The first-order valence-electron chi connectivity index (χ1n) is 5.14. The average Bonchev–Trinajstić information content (AvgIpc) is 1.92. The molecular weight excluding hydrogens is 170 g/mol. The Hall–Kier alpha value is 0.250. The van der Waals surface area contributed by atoms with E-state index in [0.717, 1.165) is 18.9 Å². The molecule has 2 heteroatoms. The van der Waals surface area contributed by atoms with Crippen LogP contribution in [0.25, 0.3) is 0 Å². The molecule has 0 aromatic rings. The smallest absolute Gasteiger partial charge is 0.0308 e. The molecule has 1 unspecified atom stereocenters. The van der Waals surface area contributed by atoms with E-state index in [1.165, 1.54) is 32.2 Å². The predicted molar refractivity (Wildman–Crippen MR) is 54.8 cm³/mol. The molecule has 1 N–H and O–H groups in total. The highest BCUT2D eigenvalue weighted by Gasteiger charge is 2.15. The van der Waals surface area contributed by atoms with Gasteiger partial charge in [-0.2, -0.15) is 0 Å². The lowest BCUT2D eigenvalue weighted by Gasteiger charge is -2.25. The van der Waals surface area contributed by atoms with E-state index in [1.807, 2.05) is 0 Å². The fourth-order valence-electron chi connectivity index (χ4n) is 1.51. The molecule has 0 radical (unpaired) electrons. The Morgan fingerprint density at radius 1 is 1.50 bits per heavy atom. The van der Waals surface area contributed by atoms with E-state index >= 15 is 0 Å². The highest BCUT2D eigenvalue weighted by Crippen LogP contribution is 2.25. The standard InChI is InChI=1S/C10H20ClN/c1-9(11)4-3-7-12-8-10-5-2-6-10/h9-10,12H,2-8H2,1H3. The maximum Gasteiger partial charge on any atom is 0.0308 e. The maximum absolute atomic E-state index is 5.83. The first kappa shape index (κ1) is 10.3. The predicted octanol–water partition coefficient (Wildman–Crippen LogP) is 2.78. The molecule has 1 rings (SSSR count). The van der Waals surface area contributed by atoms with Gasteiger partial charge >= 0.3 is 0 Å². The molecule has 0 aliphatic heterocycles. The molecule has 0 aromatic carbocycles. The summed E-state index contributed by atoms with van der Waals surface area (Å²) in [6.45, 7) is 4.44. The van der Waals surface area contributed by atoms with Crippen molar-refractivity contribution in [2.45, 2.75) is 44.4 Å². The van der Waals surface area contributed by atoms with Crippen molar-refractivity contribution < 1.29 is 0 Å².